The molecule has 1 atom stereocenters. The summed E-state index contributed by atoms with van der Waals surface area (Å²) in [4.78, 5) is 1.25. The molecule has 1 nitrogen and oxygen atoms in total. The Hall–Kier alpha value is -1.25. The van der Waals surface area contributed by atoms with Crippen LogP contribution in [0.15, 0.2) is 53.4 Å². The lowest BCUT2D eigenvalue weighted by Gasteiger charge is -2.24. The second-order valence-corrected chi connectivity index (χ2v) is 6.93. The minimum absolute atomic E-state index is 0.0626. The molecule has 21 heavy (non-hydrogen) atoms. The Kier molecular flexibility index (Phi) is 5.13. The van der Waals surface area contributed by atoms with Crippen molar-refractivity contribution in [1.29, 1.82) is 0 Å². The van der Waals surface area contributed by atoms with Gasteiger partial charge < -0.3 is 5.73 Å². The summed E-state index contributed by atoms with van der Waals surface area (Å²) >= 11 is 1.75. The second-order valence-electron chi connectivity index (χ2n) is 6.08. The van der Waals surface area contributed by atoms with Gasteiger partial charge >= 0.3 is 0 Å². The fourth-order valence-electron chi connectivity index (χ4n) is 2.45. The van der Waals surface area contributed by atoms with E-state index >= 15 is 0 Å². The molecule has 2 aromatic rings. The molecule has 0 aliphatic carbocycles. The first-order valence-corrected chi connectivity index (χ1v) is 8.71. The minimum atomic E-state index is -0.0626. The van der Waals surface area contributed by atoms with Gasteiger partial charge in [-0.15, -0.1) is 11.8 Å². The highest BCUT2D eigenvalue weighted by atomic mass is 32.2. The third-order valence-corrected chi connectivity index (χ3v) is 5.22. The van der Waals surface area contributed by atoms with Crippen LogP contribution in [0, 0.1) is 0 Å². The molecule has 0 aliphatic heterocycles. The summed E-state index contributed by atoms with van der Waals surface area (Å²) in [5.74, 6) is 0. The topological polar surface area (TPSA) is 26.0 Å². The van der Waals surface area contributed by atoms with E-state index in [9.17, 15) is 0 Å². The lowest BCUT2D eigenvalue weighted by Crippen LogP contribution is -2.17. The van der Waals surface area contributed by atoms with E-state index in [0.29, 0.717) is 0 Å². The van der Waals surface area contributed by atoms with Crippen LogP contribution >= 0.6 is 11.8 Å². The van der Waals surface area contributed by atoms with Crippen molar-refractivity contribution in [2.45, 2.75) is 43.5 Å². The zero-order valence-electron chi connectivity index (χ0n) is 13.4. The second kappa shape index (κ2) is 6.67. The molecule has 2 aromatic carbocycles. The highest BCUT2D eigenvalue weighted by Crippen LogP contribution is 2.31. The third-order valence-electron chi connectivity index (χ3n) is 4.41. The summed E-state index contributed by atoms with van der Waals surface area (Å²) in [5.41, 5.74) is 10.4. The average Bonchev–Trinajstić information content (AvgIpc) is 2.54. The van der Waals surface area contributed by atoms with Crippen molar-refractivity contribution in [2.24, 2.45) is 5.73 Å². The summed E-state index contributed by atoms with van der Waals surface area (Å²) in [6, 6.07) is 17.1. The Morgan fingerprint density at radius 2 is 1.67 bits per heavy atom. The SMILES string of the molecule is CCC(C)(C)c1ccc(C(N)c2ccccc2SC)cc1. The zero-order chi connectivity index (χ0) is 15.5. The fraction of sp³-hybridized carbons (Fsp3) is 0.368. The van der Waals surface area contributed by atoms with Crippen LogP contribution in [0.25, 0.3) is 0 Å². The van der Waals surface area contributed by atoms with Crippen LogP contribution < -0.4 is 5.73 Å². The van der Waals surface area contributed by atoms with Gasteiger partial charge in [0.1, 0.15) is 0 Å². The summed E-state index contributed by atoms with van der Waals surface area (Å²) in [5, 5.41) is 0. The molecule has 112 valence electrons. The maximum Gasteiger partial charge on any atom is 0.0562 e. The lowest BCUT2D eigenvalue weighted by atomic mass is 9.81. The predicted molar refractivity (Wildman–Crippen MR) is 94.0 cm³/mol. The standard InChI is InChI=1S/C19H25NS/c1-5-19(2,3)15-12-10-14(11-13-15)18(20)16-8-6-7-9-17(16)21-4/h6-13,18H,5,20H2,1-4H3. The number of rotatable bonds is 5. The van der Waals surface area contributed by atoms with Crippen molar-refractivity contribution in [1.82, 2.24) is 0 Å². The average molecular weight is 299 g/mol. The van der Waals surface area contributed by atoms with Crippen molar-refractivity contribution in [2.75, 3.05) is 6.26 Å². The van der Waals surface area contributed by atoms with Gasteiger partial charge in [-0.25, -0.2) is 0 Å². The first-order chi connectivity index (χ1) is 9.99. The largest absolute Gasteiger partial charge is 0.320 e. The van der Waals surface area contributed by atoms with E-state index in [-0.39, 0.29) is 11.5 Å². The van der Waals surface area contributed by atoms with Crippen LogP contribution in [0.4, 0.5) is 0 Å². The van der Waals surface area contributed by atoms with Gasteiger partial charge in [0.05, 0.1) is 6.04 Å². The molecule has 1 unspecified atom stereocenters. The molecule has 0 bridgehead atoms. The molecule has 0 aromatic heterocycles. The fourth-order valence-corrected chi connectivity index (χ4v) is 3.09. The molecule has 0 aliphatic rings. The molecule has 0 fully saturated rings. The van der Waals surface area contributed by atoms with Gasteiger partial charge in [0.15, 0.2) is 0 Å². The Morgan fingerprint density at radius 3 is 2.24 bits per heavy atom. The van der Waals surface area contributed by atoms with Gasteiger partial charge in [0.25, 0.3) is 0 Å². The van der Waals surface area contributed by atoms with Gasteiger partial charge in [-0.3, -0.25) is 0 Å². The molecule has 0 saturated carbocycles. The van der Waals surface area contributed by atoms with Gasteiger partial charge in [-0.1, -0.05) is 63.2 Å². The molecule has 0 saturated heterocycles. The van der Waals surface area contributed by atoms with E-state index in [4.69, 9.17) is 5.73 Å². The maximum atomic E-state index is 6.47. The molecular weight excluding hydrogens is 274 g/mol. The van der Waals surface area contributed by atoms with E-state index in [1.807, 2.05) is 0 Å². The lowest BCUT2D eigenvalue weighted by molar-refractivity contribution is 0.506. The van der Waals surface area contributed by atoms with Crippen molar-refractivity contribution in [3.8, 4) is 0 Å². The van der Waals surface area contributed by atoms with Gasteiger partial charge in [0, 0.05) is 4.90 Å². The van der Waals surface area contributed by atoms with Crippen LogP contribution in [0.1, 0.15) is 49.9 Å². The molecule has 0 heterocycles. The summed E-state index contributed by atoms with van der Waals surface area (Å²) < 4.78 is 0. The van der Waals surface area contributed by atoms with E-state index in [1.165, 1.54) is 21.6 Å². The highest BCUT2D eigenvalue weighted by Gasteiger charge is 2.19. The number of hydrogen-bond donors (Lipinski definition) is 1. The van der Waals surface area contributed by atoms with Crippen molar-refractivity contribution in [3.63, 3.8) is 0 Å². The number of nitrogens with two attached hydrogens (primary N) is 1. The maximum absolute atomic E-state index is 6.47. The van der Waals surface area contributed by atoms with E-state index in [0.717, 1.165) is 6.42 Å². The first kappa shape index (κ1) is 16.1. The van der Waals surface area contributed by atoms with Crippen molar-refractivity contribution < 1.29 is 0 Å². The van der Waals surface area contributed by atoms with Crippen LogP contribution in [-0.4, -0.2) is 6.26 Å². The van der Waals surface area contributed by atoms with Crippen molar-refractivity contribution >= 4 is 11.8 Å². The molecule has 2 N–H and O–H groups in total. The van der Waals surface area contributed by atoms with Gasteiger partial charge in [-0.05, 0) is 40.8 Å². The van der Waals surface area contributed by atoms with Crippen LogP contribution in [0.3, 0.4) is 0 Å². The van der Waals surface area contributed by atoms with Crippen LogP contribution in [-0.2, 0) is 5.41 Å². The smallest absolute Gasteiger partial charge is 0.0562 e. The highest BCUT2D eigenvalue weighted by molar-refractivity contribution is 7.98. The Bertz CT molecular complexity index is 587. The van der Waals surface area contributed by atoms with E-state index in [1.54, 1.807) is 11.8 Å². The van der Waals surface area contributed by atoms with E-state index in [2.05, 4.69) is 75.6 Å². The normalized spacial score (nSPS) is 13.2. The summed E-state index contributed by atoms with van der Waals surface area (Å²) in [6.07, 6.45) is 3.23. The monoisotopic (exact) mass is 299 g/mol. The molecule has 2 heteroatoms. The molecule has 0 spiro atoms. The predicted octanol–water partition coefficient (Wildman–Crippen LogP) is 5.14. The quantitative estimate of drug-likeness (QED) is 0.773. The van der Waals surface area contributed by atoms with Crippen LogP contribution in [0.5, 0.6) is 0 Å². The summed E-state index contributed by atoms with van der Waals surface area (Å²) in [7, 11) is 0. The van der Waals surface area contributed by atoms with Crippen molar-refractivity contribution in [3.05, 3.63) is 65.2 Å². The van der Waals surface area contributed by atoms with Gasteiger partial charge in [0.2, 0.25) is 0 Å². The molecule has 2 rings (SSSR count). The Balaban J connectivity index is 2.30. The Labute approximate surface area is 133 Å². The van der Waals surface area contributed by atoms with Gasteiger partial charge in [-0.2, -0.15) is 0 Å². The minimum Gasteiger partial charge on any atom is -0.320 e. The van der Waals surface area contributed by atoms with Crippen LogP contribution in [0.2, 0.25) is 0 Å². The van der Waals surface area contributed by atoms with E-state index < -0.39 is 0 Å². The molecular formula is C19H25NS. The summed E-state index contributed by atoms with van der Waals surface area (Å²) in [6.45, 7) is 6.80. The molecule has 0 radical (unpaired) electrons. The molecule has 0 amide bonds. The number of hydrogen-bond acceptors (Lipinski definition) is 2. The first-order valence-electron chi connectivity index (χ1n) is 7.48. The number of thioether (sulfide) groups is 1. The number of benzene rings is 2. The third kappa shape index (κ3) is 3.50. The Morgan fingerprint density at radius 1 is 1.05 bits per heavy atom. The zero-order valence-corrected chi connectivity index (χ0v) is 14.2.